The van der Waals surface area contributed by atoms with Gasteiger partial charge in [-0.05, 0) is 31.9 Å². The number of carbonyl (C=O) groups excluding carboxylic acids is 1. The Bertz CT molecular complexity index is 586. The minimum atomic E-state index is 0.189. The molecule has 1 N–H and O–H groups in total. The van der Waals surface area contributed by atoms with E-state index in [2.05, 4.69) is 23.3 Å². The number of amides is 1. The monoisotopic (exact) mass is 303 g/mol. The molecule has 3 rings (SSSR count). The molecule has 1 fully saturated rings. The fourth-order valence-corrected chi connectivity index (χ4v) is 3.68. The van der Waals surface area contributed by atoms with E-state index in [0.717, 1.165) is 36.5 Å². The predicted octanol–water partition coefficient (Wildman–Crippen LogP) is 2.96. The standard InChI is InChI=1S/C16H21N3OS/c1-12(16-18-13-6-2-3-7-14(13)21-16)17-9-8-15(20)19-10-4-5-11-19/h2-3,6-7,12,17H,4-5,8-11H2,1H3. The van der Waals surface area contributed by atoms with Crippen molar-refractivity contribution in [2.24, 2.45) is 0 Å². The maximum atomic E-state index is 12.0. The Hall–Kier alpha value is -1.46. The number of likely N-dealkylation sites (tertiary alicyclic amines) is 1. The summed E-state index contributed by atoms with van der Waals surface area (Å²) < 4.78 is 1.22. The lowest BCUT2D eigenvalue weighted by Gasteiger charge is -2.16. The van der Waals surface area contributed by atoms with Gasteiger partial charge in [-0.3, -0.25) is 4.79 Å². The Labute approximate surface area is 129 Å². The number of nitrogens with zero attached hydrogens (tertiary/aromatic N) is 2. The number of hydrogen-bond donors (Lipinski definition) is 1. The third kappa shape index (κ3) is 3.41. The van der Waals surface area contributed by atoms with E-state index in [4.69, 9.17) is 0 Å². The van der Waals surface area contributed by atoms with E-state index in [-0.39, 0.29) is 11.9 Å². The summed E-state index contributed by atoms with van der Waals surface area (Å²) in [6.07, 6.45) is 2.89. The van der Waals surface area contributed by atoms with Gasteiger partial charge in [0, 0.05) is 26.1 Å². The first-order valence-electron chi connectivity index (χ1n) is 7.60. The van der Waals surface area contributed by atoms with Crippen molar-refractivity contribution in [2.75, 3.05) is 19.6 Å². The zero-order valence-electron chi connectivity index (χ0n) is 12.3. The topological polar surface area (TPSA) is 45.2 Å². The number of nitrogens with one attached hydrogen (secondary N) is 1. The van der Waals surface area contributed by atoms with Crippen LogP contribution in [0.3, 0.4) is 0 Å². The van der Waals surface area contributed by atoms with Crippen LogP contribution in [0, 0.1) is 0 Å². The van der Waals surface area contributed by atoms with Gasteiger partial charge in [0.2, 0.25) is 5.91 Å². The van der Waals surface area contributed by atoms with E-state index in [9.17, 15) is 4.79 Å². The molecule has 0 radical (unpaired) electrons. The molecule has 0 bridgehead atoms. The fourth-order valence-electron chi connectivity index (χ4n) is 2.68. The number of para-hydroxylation sites is 1. The van der Waals surface area contributed by atoms with Gasteiger partial charge in [0.25, 0.3) is 0 Å². The first-order valence-corrected chi connectivity index (χ1v) is 8.42. The molecule has 1 aromatic carbocycles. The smallest absolute Gasteiger partial charge is 0.223 e. The van der Waals surface area contributed by atoms with E-state index in [1.54, 1.807) is 11.3 Å². The number of fused-ring (bicyclic) bond motifs is 1. The van der Waals surface area contributed by atoms with Crippen molar-refractivity contribution >= 4 is 27.5 Å². The minimum absolute atomic E-state index is 0.189. The van der Waals surface area contributed by atoms with Crippen LogP contribution in [0.15, 0.2) is 24.3 Å². The van der Waals surface area contributed by atoms with Crippen LogP contribution in [0.2, 0.25) is 0 Å². The Balaban J connectivity index is 1.51. The van der Waals surface area contributed by atoms with E-state index in [1.807, 2.05) is 23.1 Å². The van der Waals surface area contributed by atoms with Gasteiger partial charge in [0.15, 0.2) is 0 Å². The Morgan fingerprint density at radius 3 is 2.90 bits per heavy atom. The molecule has 0 spiro atoms. The minimum Gasteiger partial charge on any atom is -0.343 e. The summed E-state index contributed by atoms with van der Waals surface area (Å²) in [5.41, 5.74) is 1.05. The molecule has 1 aromatic heterocycles. The average molecular weight is 303 g/mol. The molecule has 2 aromatic rings. The van der Waals surface area contributed by atoms with Crippen molar-refractivity contribution in [2.45, 2.75) is 32.2 Å². The second kappa shape index (κ2) is 6.54. The van der Waals surface area contributed by atoms with Gasteiger partial charge >= 0.3 is 0 Å². The molecule has 0 aliphatic carbocycles. The molecule has 1 atom stereocenters. The summed E-state index contributed by atoms with van der Waals surface area (Å²) >= 11 is 1.72. The predicted molar refractivity (Wildman–Crippen MR) is 86.5 cm³/mol. The van der Waals surface area contributed by atoms with Gasteiger partial charge < -0.3 is 10.2 Å². The van der Waals surface area contributed by atoms with E-state index < -0.39 is 0 Å². The lowest BCUT2D eigenvalue weighted by molar-refractivity contribution is -0.130. The van der Waals surface area contributed by atoms with Gasteiger partial charge in [-0.15, -0.1) is 11.3 Å². The second-order valence-corrected chi connectivity index (χ2v) is 6.60. The first kappa shape index (κ1) is 14.5. The molecule has 1 aliphatic rings. The average Bonchev–Trinajstić information content (AvgIpc) is 3.16. The van der Waals surface area contributed by atoms with Crippen molar-refractivity contribution in [3.8, 4) is 0 Å². The van der Waals surface area contributed by atoms with Crippen molar-refractivity contribution in [1.82, 2.24) is 15.2 Å². The Morgan fingerprint density at radius 1 is 1.38 bits per heavy atom. The molecule has 2 heterocycles. The maximum Gasteiger partial charge on any atom is 0.223 e. The van der Waals surface area contributed by atoms with Crippen LogP contribution in [0.5, 0.6) is 0 Å². The molecule has 1 amide bonds. The van der Waals surface area contributed by atoms with Crippen LogP contribution in [-0.2, 0) is 4.79 Å². The summed E-state index contributed by atoms with van der Waals surface area (Å²) in [6, 6.07) is 8.38. The third-order valence-corrected chi connectivity index (χ3v) is 5.15. The summed E-state index contributed by atoms with van der Waals surface area (Å²) in [6.45, 7) is 4.70. The number of benzene rings is 1. The van der Waals surface area contributed by atoms with E-state index in [1.165, 1.54) is 4.70 Å². The van der Waals surface area contributed by atoms with Crippen LogP contribution in [-0.4, -0.2) is 35.4 Å². The SMILES string of the molecule is CC(NCCC(=O)N1CCCC1)c1nc2ccccc2s1. The third-order valence-electron chi connectivity index (χ3n) is 3.93. The second-order valence-electron chi connectivity index (χ2n) is 5.53. The number of aromatic nitrogens is 1. The Morgan fingerprint density at radius 2 is 2.14 bits per heavy atom. The lowest BCUT2D eigenvalue weighted by Crippen LogP contribution is -2.31. The summed E-state index contributed by atoms with van der Waals surface area (Å²) in [7, 11) is 0. The zero-order valence-corrected chi connectivity index (χ0v) is 13.2. The van der Waals surface area contributed by atoms with Gasteiger partial charge in [0.1, 0.15) is 5.01 Å². The molecule has 1 aliphatic heterocycles. The van der Waals surface area contributed by atoms with E-state index >= 15 is 0 Å². The van der Waals surface area contributed by atoms with E-state index in [0.29, 0.717) is 13.0 Å². The summed E-state index contributed by atoms with van der Waals surface area (Å²) in [5.74, 6) is 0.275. The first-order chi connectivity index (χ1) is 10.2. The highest BCUT2D eigenvalue weighted by Gasteiger charge is 2.18. The van der Waals surface area contributed by atoms with Gasteiger partial charge in [-0.25, -0.2) is 4.98 Å². The van der Waals surface area contributed by atoms with Crippen LogP contribution < -0.4 is 5.32 Å². The fraction of sp³-hybridized carbons (Fsp3) is 0.500. The molecular weight excluding hydrogens is 282 g/mol. The molecule has 1 unspecified atom stereocenters. The highest BCUT2D eigenvalue weighted by atomic mass is 32.1. The summed E-state index contributed by atoms with van der Waals surface area (Å²) in [5, 5.41) is 4.50. The van der Waals surface area contributed by atoms with Crippen molar-refractivity contribution in [3.05, 3.63) is 29.3 Å². The largest absolute Gasteiger partial charge is 0.343 e. The normalized spacial score (nSPS) is 16.5. The molecule has 0 saturated carbocycles. The number of carbonyl (C=O) groups is 1. The van der Waals surface area contributed by atoms with Gasteiger partial charge in [-0.2, -0.15) is 0 Å². The molecule has 1 saturated heterocycles. The maximum absolute atomic E-state index is 12.0. The van der Waals surface area contributed by atoms with Crippen molar-refractivity contribution < 1.29 is 4.79 Å². The highest BCUT2D eigenvalue weighted by molar-refractivity contribution is 7.18. The molecule has 21 heavy (non-hydrogen) atoms. The van der Waals surface area contributed by atoms with Crippen LogP contribution in [0.4, 0.5) is 0 Å². The highest BCUT2D eigenvalue weighted by Crippen LogP contribution is 2.25. The van der Waals surface area contributed by atoms with Gasteiger partial charge in [0.05, 0.1) is 16.3 Å². The van der Waals surface area contributed by atoms with Crippen molar-refractivity contribution in [1.29, 1.82) is 0 Å². The molecule has 4 nitrogen and oxygen atoms in total. The molecular formula is C16H21N3OS. The van der Waals surface area contributed by atoms with Crippen LogP contribution in [0.1, 0.15) is 37.2 Å². The lowest BCUT2D eigenvalue weighted by atomic mass is 10.3. The Kier molecular flexibility index (Phi) is 4.51. The zero-order chi connectivity index (χ0) is 14.7. The quantitative estimate of drug-likeness (QED) is 0.923. The molecule has 112 valence electrons. The van der Waals surface area contributed by atoms with Crippen LogP contribution in [0.25, 0.3) is 10.2 Å². The van der Waals surface area contributed by atoms with Crippen molar-refractivity contribution in [3.63, 3.8) is 0 Å². The summed E-state index contributed by atoms with van der Waals surface area (Å²) in [4.78, 5) is 18.6. The number of hydrogen-bond acceptors (Lipinski definition) is 4. The molecule has 5 heteroatoms. The van der Waals surface area contributed by atoms with Crippen LogP contribution >= 0.6 is 11.3 Å². The van der Waals surface area contributed by atoms with Gasteiger partial charge in [-0.1, -0.05) is 12.1 Å². The number of rotatable bonds is 5. The number of thiazole rings is 1.